The van der Waals surface area contributed by atoms with Crippen molar-refractivity contribution < 1.29 is 22.4 Å². The summed E-state index contributed by atoms with van der Waals surface area (Å²) < 4.78 is 46.0. The number of halogens is 1. The Balaban J connectivity index is 1.62. The van der Waals surface area contributed by atoms with Crippen molar-refractivity contribution >= 4 is 21.1 Å². The molecule has 1 aromatic heterocycles. The maximum Gasteiger partial charge on any atom is 0.243 e. The van der Waals surface area contributed by atoms with Crippen molar-refractivity contribution in [1.29, 1.82) is 0 Å². The van der Waals surface area contributed by atoms with Crippen LogP contribution in [-0.2, 0) is 21.4 Å². The van der Waals surface area contributed by atoms with E-state index < -0.39 is 15.8 Å². The minimum absolute atomic E-state index is 0.0639. The maximum atomic E-state index is 13.7. The van der Waals surface area contributed by atoms with Crippen molar-refractivity contribution in [3.8, 4) is 0 Å². The predicted molar refractivity (Wildman–Crippen MR) is 93.8 cm³/mol. The highest BCUT2D eigenvalue weighted by Gasteiger charge is 2.27. The van der Waals surface area contributed by atoms with Crippen molar-refractivity contribution in [1.82, 2.24) is 19.5 Å². The van der Waals surface area contributed by atoms with Gasteiger partial charge >= 0.3 is 0 Å². The van der Waals surface area contributed by atoms with Gasteiger partial charge in [0.1, 0.15) is 23.5 Å². The van der Waals surface area contributed by atoms with Gasteiger partial charge < -0.3 is 9.57 Å². The first-order valence-electron chi connectivity index (χ1n) is 8.36. The second-order valence-electron chi connectivity index (χ2n) is 5.99. The van der Waals surface area contributed by atoms with Gasteiger partial charge in [-0.2, -0.15) is 4.31 Å². The molecule has 0 spiro atoms. The molecule has 1 aliphatic rings. The molecule has 4 rings (SSSR count). The first kappa shape index (κ1) is 17.8. The van der Waals surface area contributed by atoms with Crippen molar-refractivity contribution in [2.75, 3.05) is 26.3 Å². The number of benzene rings is 2. The lowest BCUT2D eigenvalue weighted by Crippen LogP contribution is -2.40. The van der Waals surface area contributed by atoms with E-state index in [1.807, 2.05) is 0 Å². The van der Waals surface area contributed by atoms with Gasteiger partial charge in [0.15, 0.2) is 0 Å². The summed E-state index contributed by atoms with van der Waals surface area (Å²) in [5.41, 5.74) is 1.23. The molecule has 0 radical (unpaired) electrons. The Hall–Kier alpha value is -2.56. The Morgan fingerprint density at radius 3 is 2.70 bits per heavy atom. The third kappa shape index (κ3) is 3.51. The van der Waals surface area contributed by atoms with E-state index in [1.54, 1.807) is 24.3 Å². The molecule has 0 unspecified atom stereocenters. The van der Waals surface area contributed by atoms with E-state index in [-0.39, 0.29) is 11.5 Å². The smallest absolute Gasteiger partial charge is 0.243 e. The average Bonchev–Trinajstić information content (AvgIpc) is 3.10. The molecule has 2 aromatic carbocycles. The molecule has 0 bridgehead atoms. The molecule has 1 saturated heterocycles. The molecule has 27 heavy (non-hydrogen) atoms. The van der Waals surface area contributed by atoms with Gasteiger partial charge in [-0.15, -0.1) is 5.10 Å². The number of hydrogen-bond donors (Lipinski definition) is 0. The third-order valence-corrected chi connectivity index (χ3v) is 6.19. The van der Waals surface area contributed by atoms with Gasteiger partial charge in [-0.25, -0.2) is 12.8 Å². The van der Waals surface area contributed by atoms with Gasteiger partial charge in [-0.3, -0.25) is 0 Å². The zero-order valence-electron chi connectivity index (χ0n) is 14.3. The van der Waals surface area contributed by atoms with Gasteiger partial charge in [-0.1, -0.05) is 23.0 Å². The van der Waals surface area contributed by atoms with Gasteiger partial charge in [0.25, 0.3) is 0 Å². The summed E-state index contributed by atoms with van der Waals surface area (Å²) in [5, 5.41) is 7.82. The largest absolute Gasteiger partial charge is 0.390 e. The number of morpholine rings is 1. The molecular formula is C17H17FN4O4S. The van der Waals surface area contributed by atoms with Crippen LogP contribution in [0.4, 0.5) is 4.39 Å². The van der Waals surface area contributed by atoms with E-state index in [0.29, 0.717) is 42.9 Å². The van der Waals surface area contributed by atoms with E-state index >= 15 is 0 Å². The van der Waals surface area contributed by atoms with Gasteiger partial charge in [0.05, 0.1) is 18.1 Å². The number of rotatable bonds is 5. The van der Waals surface area contributed by atoms with Crippen LogP contribution in [0.5, 0.6) is 0 Å². The Morgan fingerprint density at radius 1 is 1.15 bits per heavy atom. The van der Waals surface area contributed by atoms with E-state index in [0.717, 1.165) is 4.85 Å². The summed E-state index contributed by atoms with van der Waals surface area (Å²) >= 11 is 0. The fourth-order valence-corrected chi connectivity index (χ4v) is 4.24. The number of ether oxygens (including phenoxy) is 1. The van der Waals surface area contributed by atoms with Crippen LogP contribution in [-0.4, -0.2) is 54.2 Å². The van der Waals surface area contributed by atoms with Crippen molar-refractivity contribution in [3.05, 3.63) is 53.8 Å². The number of sulfonamides is 1. The normalized spacial score (nSPS) is 15.9. The first-order valence-corrected chi connectivity index (χ1v) is 9.80. The van der Waals surface area contributed by atoms with E-state index in [9.17, 15) is 12.8 Å². The Bertz CT molecular complexity index is 1060. The summed E-state index contributed by atoms with van der Waals surface area (Å²) in [6, 6.07) is 10.7. The second-order valence-corrected chi connectivity index (χ2v) is 7.93. The summed E-state index contributed by atoms with van der Waals surface area (Å²) in [6.07, 6.45) is 0. The fourth-order valence-electron chi connectivity index (χ4n) is 2.82. The van der Waals surface area contributed by atoms with E-state index in [2.05, 4.69) is 10.3 Å². The number of nitrogens with zero attached hydrogens (tertiary/aromatic N) is 4. The fraction of sp³-hybridized carbons (Fsp3) is 0.294. The number of aromatic nitrogens is 3. The van der Waals surface area contributed by atoms with Crippen LogP contribution in [0.2, 0.25) is 0 Å². The highest BCUT2D eigenvalue weighted by Crippen LogP contribution is 2.21. The van der Waals surface area contributed by atoms with Gasteiger partial charge in [-0.05, 0) is 29.5 Å². The molecular weight excluding hydrogens is 375 g/mol. The third-order valence-electron chi connectivity index (χ3n) is 4.29. The molecule has 0 aliphatic carbocycles. The van der Waals surface area contributed by atoms with Crippen LogP contribution in [0.15, 0.2) is 47.4 Å². The minimum atomic E-state index is -3.65. The highest BCUT2D eigenvalue weighted by atomic mass is 32.2. The molecule has 1 aliphatic heterocycles. The summed E-state index contributed by atoms with van der Waals surface area (Å²) in [5.74, 6) is -0.391. The second kappa shape index (κ2) is 7.22. The molecule has 2 heterocycles. The predicted octanol–water partition coefficient (Wildman–Crippen LogP) is 1.22. The summed E-state index contributed by atoms with van der Waals surface area (Å²) in [6.45, 7) is 1.29. The number of hydrogen-bond acceptors (Lipinski definition) is 6. The summed E-state index contributed by atoms with van der Waals surface area (Å²) in [4.78, 5) is 6.75. The average molecular weight is 392 g/mol. The van der Waals surface area contributed by atoms with Crippen LogP contribution >= 0.6 is 0 Å². The Labute approximate surface area is 155 Å². The molecule has 1 fully saturated rings. The van der Waals surface area contributed by atoms with Gasteiger partial charge in [0.2, 0.25) is 10.0 Å². The molecule has 0 N–H and O–H groups in total. The monoisotopic (exact) mass is 392 g/mol. The molecule has 10 heteroatoms. The highest BCUT2D eigenvalue weighted by molar-refractivity contribution is 7.89. The Kier molecular flexibility index (Phi) is 4.77. The van der Waals surface area contributed by atoms with Crippen LogP contribution in [0.1, 0.15) is 5.56 Å². The molecule has 0 amide bonds. The van der Waals surface area contributed by atoms with Crippen molar-refractivity contribution in [2.24, 2.45) is 0 Å². The molecule has 3 aromatic rings. The van der Waals surface area contributed by atoms with Crippen molar-refractivity contribution in [2.45, 2.75) is 11.5 Å². The molecule has 142 valence electrons. The van der Waals surface area contributed by atoms with E-state index in [1.165, 1.54) is 22.5 Å². The van der Waals surface area contributed by atoms with Gasteiger partial charge in [0, 0.05) is 18.7 Å². The minimum Gasteiger partial charge on any atom is -0.390 e. The maximum absolute atomic E-state index is 13.7. The topological polar surface area (TPSA) is 86.5 Å². The van der Waals surface area contributed by atoms with Crippen LogP contribution in [0, 0.1) is 5.82 Å². The Morgan fingerprint density at radius 2 is 1.93 bits per heavy atom. The number of fused-ring (bicyclic) bond motifs is 1. The lowest BCUT2D eigenvalue weighted by molar-refractivity contribution is 0.0726. The van der Waals surface area contributed by atoms with Crippen LogP contribution in [0.25, 0.3) is 11.0 Å². The summed E-state index contributed by atoms with van der Waals surface area (Å²) in [7, 11) is -3.65. The SMILES string of the molecule is O=S(=O)(c1ccc2nnn(OCc3ccccc3F)c2c1)N1CCOCC1. The molecule has 8 nitrogen and oxygen atoms in total. The van der Waals surface area contributed by atoms with Crippen LogP contribution in [0.3, 0.4) is 0 Å². The first-order chi connectivity index (χ1) is 13.1. The zero-order chi connectivity index (χ0) is 18.9. The lowest BCUT2D eigenvalue weighted by atomic mass is 10.2. The zero-order valence-corrected chi connectivity index (χ0v) is 15.1. The lowest BCUT2D eigenvalue weighted by Gasteiger charge is -2.26. The van der Waals surface area contributed by atoms with Crippen molar-refractivity contribution in [3.63, 3.8) is 0 Å². The molecule has 0 atom stereocenters. The quantitative estimate of drug-likeness (QED) is 0.649. The van der Waals surface area contributed by atoms with E-state index in [4.69, 9.17) is 9.57 Å². The molecule has 0 saturated carbocycles. The standard InChI is InChI=1S/C17H17FN4O4S/c18-15-4-2-1-3-13(15)12-26-22-17-11-14(5-6-16(17)19-20-22)27(23,24)21-7-9-25-10-8-21/h1-6,11H,7-10,12H2. The van der Waals surface area contributed by atoms with Crippen LogP contribution < -0.4 is 4.84 Å².